The molecule has 0 spiro atoms. The van der Waals surface area contributed by atoms with Gasteiger partial charge in [0.2, 0.25) is 5.91 Å². The molecule has 4 N–H and O–H groups in total. The van der Waals surface area contributed by atoms with Gasteiger partial charge in [0.25, 0.3) is 0 Å². The maximum atomic E-state index is 11.5. The van der Waals surface area contributed by atoms with Gasteiger partial charge in [-0.3, -0.25) is 14.4 Å². The van der Waals surface area contributed by atoms with Crippen LogP contribution in [0.3, 0.4) is 0 Å². The number of rotatable bonds is 8. The van der Waals surface area contributed by atoms with Gasteiger partial charge in [0.05, 0.1) is 13.0 Å². The Morgan fingerprint density at radius 3 is 2.37 bits per heavy atom. The van der Waals surface area contributed by atoms with Crippen LogP contribution in [-0.4, -0.2) is 60.1 Å². The molecule has 0 saturated heterocycles. The Balaban J connectivity index is 4.20. The van der Waals surface area contributed by atoms with E-state index in [1.807, 2.05) is 0 Å². The van der Waals surface area contributed by atoms with E-state index in [9.17, 15) is 19.2 Å². The van der Waals surface area contributed by atoms with Crippen LogP contribution in [0, 0.1) is 0 Å². The number of carboxylic acid groups (broad SMARTS) is 1. The molecule has 9 nitrogen and oxygen atoms in total. The molecular formula is C10H17N3O6. The lowest BCUT2D eigenvalue weighted by atomic mass is 10.4. The van der Waals surface area contributed by atoms with Gasteiger partial charge in [-0.25, -0.2) is 4.79 Å². The van der Waals surface area contributed by atoms with Crippen LogP contribution in [0.5, 0.6) is 0 Å². The van der Waals surface area contributed by atoms with Gasteiger partial charge in [0, 0.05) is 6.54 Å². The third kappa shape index (κ3) is 8.41. The maximum Gasteiger partial charge on any atom is 0.323 e. The predicted octanol–water partition coefficient (Wildman–Crippen LogP) is -1.48. The molecule has 0 heterocycles. The van der Waals surface area contributed by atoms with Crippen molar-refractivity contribution in [3.05, 3.63) is 0 Å². The largest absolute Gasteiger partial charge is 0.480 e. The summed E-state index contributed by atoms with van der Waals surface area (Å²) in [6, 6.07) is -0.787. The number of amides is 3. The molecule has 0 fully saturated rings. The Bertz CT molecular complexity index is 341. The fraction of sp³-hybridized carbons (Fsp3) is 0.600. The van der Waals surface area contributed by atoms with Gasteiger partial charge < -0.3 is 25.8 Å². The molecule has 0 aliphatic carbocycles. The summed E-state index contributed by atoms with van der Waals surface area (Å²) in [4.78, 5) is 44.5. The van der Waals surface area contributed by atoms with E-state index in [1.165, 1.54) is 0 Å². The number of urea groups is 1. The Morgan fingerprint density at radius 1 is 1.26 bits per heavy atom. The van der Waals surface area contributed by atoms with Gasteiger partial charge in [-0.15, -0.1) is 0 Å². The molecule has 0 aromatic heterocycles. The lowest BCUT2D eigenvalue weighted by Crippen LogP contribution is -2.47. The SMILES string of the molecule is CCOC(=O)CCNC(=O)N(CC(N)=O)CC(=O)O. The van der Waals surface area contributed by atoms with Crippen molar-refractivity contribution in [3.63, 3.8) is 0 Å². The summed E-state index contributed by atoms with van der Waals surface area (Å²) in [5.74, 6) is -2.59. The first kappa shape index (κ1) is 16.7. The van der Waals surface area contributed by atoms with Crippen LogP contribution in [0.15, 0.2) is 0 Å². The minimum Gasteiger partial charge on any atom is -0.480 e. The lowest BCUT2D eigenvalue weighted by Gasteiger charge is -2.19. The van der Waals surface area contributed by atoms with Crippen LogP contribution in [0.25, 0.3) is 0 Å². The predicted molar refractivity (Wildman–Crippen MR) is 63.1 cm³/mol. The summed E-state index contributed by atoms with van der Waals surface area (Å²) < 4.78 is 4.64. The van der Waals surface area contributed by atoms with Crippen molar-refractivity contribution in [2.45, 2.75) is 13.3 Å². The number of ether oxygens (including phenoxy) is 1. The molecule has 9 heteroatoms. The van der Waals surface area contributed by atoms with E-state index in [-0.39, 0.29) is 19.6 Å². The molecular weight excluding hydrogens is 258 g/mol. The number of nitrogens with one attached hydrogen (secondary N) is 1. The van der Waals surface area contributed by atoms with Crippen LogP contribution in [-0.2, 0) is 19.1 Å². The van der Waals surface area contributed by atoms with E-state index in [0.717, 1.165) is 4.90 Å². The summed E-state index contributed by atoms with van der Waals surface area (Å²) in [5.41, 5.74) is 4.90. The lowest BCUT2D eigenvalue weighted by molar-refractivity contribution is -0.143. The highest BCUT2D eigenvalue weighted by molar-refractivity contribution is 5.86. The van der Waals surface area contributed by atoms with Crippen LogP contribution in [0.4, 0.5) is 4.79 Å². The van der Waals surface area contributed by atoms with E-state index in [2.05, 4.69) is 10.1 Å². The number of hydrogen-bond donors (Lipinski definition) is 3. The topological polar surface area (TPSA) is 139 Å². The Kier molecular flexibility index (Phi) is 7.66. The molecule has 0 aromatic carbocycles. The van der Waals surface area contributed by atoms with E-state index in [1.54, 1.807) is 6.92 Å². The fourth-order valence-electron chi connectivity index (χ4n) is 1.17. The molecule has 0 atom stereocenters. The number of carbonyl (C=O) groups excluding carboxylic acids is 3. The minimum absolute atomic E-state index is 0.0213. The highest BCUT2D eigenvalue weighted by Gasteiger charge is 2.18. The maximum absolute atomic E-state index is 11.5. The molecule has 0 rings (SSSR count). The number of primary amides is 1. The fourth-order valence-corrected chi connectivity index (χ4v) is 1.17. The number of nitrogens with zero attached hydrogens (tertiary/aromatic N) is 1. The first-order valence-corrected chi connectivity index (χ1v) is 5.55. The van der Waals surface area contributed by atoms with E-state index < -0.39 is 37.0 Å². The van der Waals surface area contributed by atoms with E-state index >= 15 is 0 Å². The minimum atomic E-state index is -1.28. The molecule has 0 unspecified atom stereocenters. The molecule has 0 aromatic rings. The summed E-state index contributed by atoms with van der Waals surface area (Å²) >= 11 is 0. The van der Waals surface area contributed by atoms with Crippen LogP contribution in [0.1, 0.15) is 13.3 Å². The summed E-state index contributed by atoms with van der Waals surface area (Å²) in [6.07, 6.45) is -0.0446. The van der Waals surface area contributed by atoms with Crippen LogP contribution in [0.2, 0.25) is 0 Å². The number of carbonyl (C=O) groups is 4. The monoisotopic (exact) mass is 275 g/mol. The zero-order chi connectivity index (χ0) is 14.8. The highest BCUT2D eigenvalue weighted by atomic mass is 16.5. The zero-order valence-corrected chi connectivity index (χ0v) is 10.5. The first-order valence-electron chi connectivity index (χ1n) is 5.55. The molecule has 0 saturated carbocycles. The van der Waals surface area contributed by atoms with Crippen molar-refractivity contribution in [2.24, 2.45) is 5.73 Å². The normalized spacial score (nSPS) is 9.53. The van der Waals surface area contributed by atoms with Gasteiger partial charge >= 0.3 is 18.0 Å². The third-order valence-corrected chi connectivity index (χ3v) is 1.87. The molecule has 108 valence electrons. The van der Waals surface area contributed by atoms with E-state index in [0.29, 0.717) is 0 Å². The van der Waals surface area contributed by atoms with Gasteiger partial charge in [0.15, 0.2) is 0 Å². The van der Waals surface area contributed by atoms with Gasteiger partial charge in [0.1, 0.15) is 13.1 Å². The number of hydrogen-bond acceptors (Lipinski definition) is 5. The number of carboxylic acids is 1. The van der Waals surface area contributed by atoms with Crippen LogP contribution < -0.4 is 11.1 Å². The van der Waals surface area contributed by atoms with Crippen molar-refractivity contribution in [1.29, 1.82) is 0 Å². The van der Waals surface area contributed by atoms with Crippen LogP contribution >= 0.6 is 0 Å². The third-order valence-electron chi connectivity index (χ3n) is 1.87. The molecule has 0 aliphatic heterocycles. The molecule has 19 heavy (non-hydrogen) atoms. The molecule has 0 aliphatic rings. The van der Waals surface area contributed by atoms with E-state index in [4.69, 9.17) is 10.8 Å². The Labute approximate surface area is 109 Å². The average molecular weight is 275 g/mol. The molecule has 0 radical (unpaired) electrons. The summed E-state index contributed by atoms with van der Waals surface area (Å²) in [5, 5.41) is 10.9. The second kappa shape index (κ2) is 8.72. The highest BCUT2D eigenvalue weighted by Crippen LogP contribution is 1.91. The quantitative estimate of drug-likeness (QED) is 0.462. The van der Waals surface area contributed by atoms with Crippen molar-refractivity contribution < 1.29 is 29.0 Å². The standard InChI is InChI=1S/C10H17N3O6/c1-2-19-9(17)3-4-12-10(18)13(5-7(11)14)6-8(15)16/h2-6H2,1H3,(H2,11,14)(H,12,18)(H,15,16). The second-order valence-corrected chi connectivity index (χ2v) is 3.50. The molecule has 0 bridgehead atoms. The number of nitrogens with two attached hydrogens (primary N) is 1. The molecule has 3 amide bonds. The van der Waals surface area contributed by atoms with Gasteiger partial charge in [-0.05, 0) is 6.92 Å². The summed E-state index contributed by atoms with van der Waals surface area (Å²) in [6.45, 7) is 0.690. The Morgan fingerprint density at radius 2 is 1.89 bits per heavy atom. The van der Waals surface area contributed by atoms with Crippen molar-refractivity contribution in [1.82, 2.24) is 10.2 Å². The van der Waals surface area contributed by atoms with Gasteiger partial charge in [-0.1, -0.05) is 0 Å². The average Bonchev–Trinajstić information content (AvgIpc) is 2.27. The zero-order valence-electron chi connectivity index (χ0n) is 10.5. The Hall–Kier alpha value is -2.32. The van der Waals surface area contributed by atoms with Crippen molar-refractivity contribution >= 4 is 23.9 Å². The smallest absolute Gasteiger partial charge is 0.323 e. The van der Waals surface area contributed by atoms with Crippen molar-refractivity contribution in [2.75, 3.05) is 26.2 Å². The summed E-state index contributed by atoms with van der Waals surface area (Å²) in [7, 11) is 0. The second-order valence-electron chi connectivity index (χ2n) is 3.50. The van der Waals surface area contributed by atoms with Gasteiger partial charge in [-0.2, -0.15) is 0 Å². The number of aliphatic carboxylic acids is 1. The van der Waals surface area contributed by atoms with Crippen molar-refractivity contribution in [3.8, 4) is 0 Å². The number of esters is 1. The first-order chi connectivity index (χ1) is 8.86.